The second kappa shape index (κ2) is 12.7. The van der Waals surface area contributed by atoms with Gasteiger partial charge < -0.3 is 15.0 Å². The third kappa shape index (κ3) is 6.32. The van der Waals surface area contributed by atoms with E-state index >= 15 is 0 Å². The number of nitrogens with zero attached hydrogens (tertiary/aromatic N) is 5. The largest absolute Gasteiger partial charge is 0.492 e. The monoisotopic (exact) mass is 618 g/mol. The van der Waals surface area contributed by atoms with Gasteiger partial charge in [-0.3, -0.25) is 24.8 Å². The molecule has 1 aromatic carbocycles. The zero-order valence-corrected chi connectivity index (χ0v) is 25.8. The molecule has 46 heavy (non-hydrogen) atoms. The minimum atomic E-state index is -0.363. The molecule has 5 aromatic heterocycles. The predicted octanol–water partition coefficient (Wildman–Crippen LogP) is 6.83. The molecule has 0 saturated carbocycles. The summed E-state index contributed by atoms with van der Waals surface area (Å²) in [5.74, 6) is 0.344. The Morgan fingerprint density at radius 2 is 1.78 bits per heavy atom. The standard InChI is InChI=1S/C35H35FN8O2/c1-21(2)9-33(45)40-26-11-23(16-37-18-26)24-13-29-34(42-43-35(29)39-17-24)31-15-28-30(19-38-20-32(28)41-31)22-10-25(36)14-27(12-22)46-8-7-44-5-3-4-6-44/h10-21,41H,3-9H2,1-2H3,(H,40,45)(H,39,42,43). The van der Waals surface area contributed by atoms with Gasteiger partial charge in [-0.1, -0.05) is 13.8 Å². The van der Waals surface area contributed by atoms with Crippen molar-refractivity contribution < 1.29 is 13.9 Å². The Kier molecular flexibility index (Phi) is 8.15. The number of hydrogen-bond donors (Lipinski definition) is 3. The molecule has 0 spiro atoms. The summed E-state index contributed by atoms with van der Waals surface area (Å²) in [6.07, 6.45) is 11.5. The first kappa shape index (κ1) is 29.5. The van der Waals surface area contributed by atoms with E-state index in [-0.39, 0.29) is 17.6 Å². The lowest BCUT2D eigenvalue weighted by Gasteiger charge is -2.15. The summed E-state index contributed by atoms with van der Waals surface area (Å²) in [4.78, 5) is 31.5. The van der Waals surface area contributed by atoms with E-state index in [1.54, 1.807) is 31.0 Å². The van der Waals surface area contributed by atoms with Gasteiger partial charge in [-0.25, -0.2) is 9.37 Å². The number of fused-ring (bicyclic) bond motifs is 2. The molecule has 11 heteroatoms. The van der Waals surface area contributed by atoms with Crippen molar-refractivity contribution in [3.63, 3.8) is 0 Å². The number of carbonyl (C=O) groups is 1. The zero-order valence-electron chi connectivity index (χ0n) is 25.8. The van der Waals surface area contributed by atoms with Gasteiger partial charge in [0.15, 0.2) is 5.65 Å². The van der Waals surface area contributed by atoms with Gasteiger partial charge in [-0.05, 0) is 67.7 Å². The molecule has 1 aliphatic rings. The molecule has 10 nitrogen and oxygen atoms in total. The number of hydrogen-bond acceptors (Lipinski definition) is 7. The van der Waals surface area contributed by atoms with Crippen LogP contribution in [0.2, 0.25) is 0 Å². The van der Waals surface area contributed by atoms with Crippen LogP contribution in [0.4, 0.5) is 10.1 Å². The van der Waals surface area contributed by atoms with Crippen LogP contribution in [0.3, 0.4) is 0 Å². The smallest absolute Gasteiger partial charge is 0.224 e. The number of carbonyl (C=O) groups excluding carboxylic acids is 1. The molecule has 0 unspecified atom stereocenters. The SMILES string of the molecule is CC(C)CC(=O)Nc1cncc(-c2cnc3n[nH]c(-c4cc5c(-c6cc(F)cc(OCCN7CCCC7)c6)cncc5[nH]4)c3c2)c1. The summed E-state index contributed by atoms with van der Waals surface area (Å²) in [5, 5.41) is 12.2. The average molecular weight is 619 g/mol. The molecular formula is C35H35FN8O2. The van der Waals surface area contributed by atoms with Crippen LogP contribution in [0.1, 0.15) is 33.1 Å². The highest BCUT2D eigenvalue weighted by atomic mass is 19.1. The third-order valence-corrected chi connectivity index (χ3v) is 8.23. The van der Waals surface area contributed by atoms with Gasteiger partial charge >= 0.3 is 0 Å². The van der Waals surface area contributed by atoms with Gasteiger partial charge in [-0.2, -0.15) is 5.10 Å². The second-order valence-electron chi connectivity index (χ2n) is 12.2. The summed E-state index contributed by atoms with van der Waals surface area (Å²) in [5.41, 5.74) is 6.65. The van der Waals surface area contributed by atoms with Crippen LogP contribution in [0.25, 0.3) is 55.6 Å². The second-order valence-corrected chi connectivity index (χ2v) is 12.2. The number of benzene rings is 1. The van der Waals surface area contributed by atoms with E-state index < -0.39 is 0 Å². The third-order valence-electron chi connectivity index (χ3n) is 8.23. The van der Waals surface area contributed by atoms with Crippen LogP contribution in [0.5, 0.6) is 5.75 Å². The first-order valence-corrected chi connectivity index (χ1v) is 15.6. The highest BCUT2D eigenvalue weighted by Crippen LogP contribution is 2.36. The van der Waals surface area contributed by atoms with Crippen molar-refractivity contribution >= 4 is 33.5 Å². The molecule has 3 N–H and O–H groups in total. The Morgan fingerprint density at radius 1 is 0.957 bits per heavy atom. The summed E-state index contributed by atoms with van der Waals surface area (Å²) < 4.78 is 20.8. The van der Waals surface area contributed by atoms with Crippen molar-refractivity contribution in [2.75, 3.05) is 31.6 Å². The fourth-order valence-corrected chi connectivity index (χ4v) is 6.03. The molecule has 6 heterocycles. The van der Waals surface area contributed by atoms with Crippen molar-refractivity contribution in [2.45, 2.75) is 33.1 Å². The quantitative estimate of drug-likeness (QED) is 0.154. The molecule has 1 saturated heterocycles. The van der Waals surface area contributed by atoms with E-state index in [4.69, 9.17) is 4.74 Å². The van der Waals surface area contributed by atoms with Gasteiger partial charge in [0.25, 0.3) is 0 Å². The van der Waals surface area contributed by atoms with E-state index in [2.05, 4.69) is 40.3 Å². The topological polar surface area (TPSA) is 125 Å². The van der Waals surface area contributed by atoms with Crippen molar-refractivity contribution in [2.24, 2.45) is 5.92 Å². The van der Waals surface area contributed by atoms with Gasteiger partial charge in [-0.15, -0.1) is 0 Å². The molecule has 234 valence electrons. The minimum absolute atomic E-state index is 0.0492. The molecule has 0 aliphatic carbocycles. The first-order chi connectivity index (χ1) is 22.4. The van der Waals surface area contributed by atoms with Crippen LogP contribution < -0.4 is 10.1 Å². The summed E-state index contributed by atoms with van der Waals surface area (Å²) in [6, 6.07) is 10.7. The molecule has 0 atom stereocenters. The van der Waals surface area contributed by atoms with Crippen LogP contribution in [0.15, 0.2) is 67.4 Å². The lowest BCUT2D eigenvalue weighted by atomic mass is 10.0. The molecule has 1 fully saturated rings. The van der Waals surface area contributed by atoms with Crippen molar-refractivity contribution in [3.8, 4) is 39.4 Å². The first-order valence-electron chi connectivity index (χ1n) is 15.6. The highest BCUT2D eigenvalue weighted by molar-refractivity contribution is 6.01. The van der Waals surface area contributed by atoms with Crippen LogP contribution in [-0.4, -0.2) is 67.2 Å². The fourth-order valence-electron chi connectivity index (χ4n) is 6.03. The summed E-state index contributed by atoms with van der Waals surface area (Å²) in [6.45, 7) is 7.53. The van der Waals surface area contributed by atoms with Gasteiger partial charge in [0.2, 0.25) is 5.91 Å². The van der Waals surface area contributed by atoms with Crippen LogP contribution in [0, 0.1) is 11.7 Å². The number of likely N-dealkylation sites (tertiary alicyclic amines) is 1. The highest BCUT2D eigenvalue weighted by Gasteiger charge is 2.17. The summed E-state index contributed by atoms with van der Waals surface area (Å²) in [7, 11) is 0. The molecule has 1 amide bonds. The van der Waals surface area contributed by atoms with E-state index in [1.165, 1.54) is 25.0 Å². The number of rotatable bonds is 10. The number of aromatic amines is 2. The Hall–Kier alpha value is -5.16. The van der Waals surface area contributed by atoms with E-state index in [0.29, 0.717) is 35.7 Å². The minimum Gasteiger partial charge on any atom is -0.492 e. The Labute approximate surface area is 265 Å². The lowest BCUT2D eigenvalue weighted by molar-refractivity contribution is -0.116. The number of aromatic nitrogens is 6. The molecular weight excluding hydrogens is 583 g/mol. The number of H-pyrrole nitrogens is 2. The Morgan fingerprint density at radius 3 is 2.63 bits per heavy atom. The maximum Gasteiger partial charge on any atom is 0.224 e. The molecule has 0 bridgehead atoms. The average Bonchev–Trinajstić information content (AvgIpc) is 3.80. The molecule has 6 aromatic rings. The van der Waals surface area contributed by atoms with Gasteiger partial charge in [0.05, 0.1) is 35.0 Å². The molecule has 1 aliphatic heterocycles. The zero-order chi connectivity index (χ0) is 31.6. The maximum atomic E-state index is 14.8. The Balaban J connectivity index is 1.18. The number of amides is 1. The normalized spacial score (nSPS) is 13.7. The maximum absolute atomic E-state index is 14.8. The van der Waals surface area contributed by atoms with E-state index in [9.17, 15) is 9.18 Å². The number of ether oxygens (including phenoxy) is 1. The number of nitrogens with one attached hydrogen (secondary N) is 3. The van der Waals surface area contributed by atoms with Crippen molar-refractivity contribution in [1.29, 1.82) is 0 Å². The number of pyridine rings is 3. The lowest BCUT2D eigenvalue weighted by Crippen LogP contribution is -2.25. The van der Waals surface area contributed by atoms with E-state index in [0.717, 1.165) is 64.0 Å². The number of anilines is 1. The fraction of sp³-hybridized carbons (Fsp3) is 0.286. The summed E-state index contributed by atoms with van der Waals surface area (Å²) >= 11 is 0. The molecule has 0 radical (unpaired) electrons. The van der Waals surface area contributed by atoms with Crippen LogP contribution >= 0.6 is 0 Å². The predicted molar refractivity (Wildman–Crippen MR) is 177 cm³/mol. The van der Waals surface area contributed by atoms with Crippen LogP contribution in [-0.2, 0) is 4.79 Å². The van der Waals surface area contributed by atoms with Gasteiger partial charge in [0, 0.05) is 65.1 Å². The van der Waals surface area contributed by atoms with E-state index in [1.807, 2.05) is 38.1 Å². The Bertz CT molecular complexity index is 2030. The molecule has 7 rings (SSSR count). The van der Waals surface area contributed by atoms with Crippen molar-refractivity contribution in [1.82, 2.24) is 35.0 Å². The van der Waals surface area contributed by atoms with Gasteiger partial charge in [0.1, 0.15) is 18.2 Å². The number of halogens is 1. The van der Waals surface area contributed by atoms with Crippen molar-refractivity contribution in [3.05, 3.63) is 73.2 Å².